The molecule has 2 rings (SSSR count). The van der Waals surface area contributed by atoms with Gasteiger partial charge in [0, 0.05) is 19.2 Å². The van der Waals surface area contributed by atoms with Crippen LogP contribution < -0.4 is 0 Å². The zero-order chi connectivity index (χ0) is 16.5. The normalized spacial score (nSPS) is 20.0. The average Bonchev–Trinajstić information content (AvgIpc) is 2.46. The second-order valence-electron chi connectivity index (χ2n) is 4.53. The number of halogens is 2. The van der Waals surface area contributed by atoms with E-state index < -0.39 is 37.5 Å². The van der Waals surface area contributed by atoms with Crippen molar-refractivity contribution in [2.75, 3.05) is 26.3 Å². The first-order chi connectivity index (χ1) is 10.3. The van der Waals surface area contributed by atoms with E-state index >= 15 is 0 Å². The van der Waals surface area contributed by atoms with E-state index in [1.165, 1.54) is 0 Å². The number of ether oxygens (including phenoxy) is 1. The predicted octanol–water partition coefficient (Wildman–Crippen LogP) is 0.878. The Kier molecular flexibility index (Phi) is 5.12. The topological polar surface area (TPSA) is 110 Å². The number of rotatable bonds is 4. The Morgan fingerprint density at radius 3 is 2.82 bits per heavy atom. The summed E-state index contributed by atoms with van der Waals surface area (Å²) in [5, 5.41) is 19.9. The molecule has 1 aromatic rings. The van der Waals surface area contributed by atoms with Gasteiger partial charge in [0.1, 0.15) is 10.7 Å². The summed E-state index contributed by atoms with van der Waals surface area (Å²) >= 11 is 2.82. The molecule has 1 saturated heterocycles. The van der Waals surface area contributed by atoms with Gasteiger partial charge in [-0.3, -0.25) is 10.1 Å². The van der Waals surface area contributed by atoms with Crippen LogP contribution in [-0.2, 0) is 14.8 Å². The molecule has 1 aliphatic rings. The minimum absolute atomic E-state index is 0.0257. The Morgan fingerprint density at radius 2 is 2.23 bits per heavy atom. The van der Waals surface area contributed by atoms with E-state index in [2.05, 4.69) is 15.9 Å². The number of hydrogen-bond acceptors (Lipinski definition) is 6. The second kappa shape index (κ2) is 6.54. The molecule has 0 aromatic heterocycles. The van der Waals surface area contributed by atoms with Crippen molar-refractivity contribution in [3.63, 3.8) is 0 Å². The fourth-order valence-electron chi connectivity index (χ4n) is 2.02. The smallest absolute Gasteiger partial charge is 0.285 e. The number of sulfonamides is 1. The monoisotopic (exact) mass is 398 g/mol. The largest absolute Gasteiger partial charge is 0.394 e. The van der Waals surface area contributed by atoms with Gasteiger partial charge in [0.25, 0.3) is 5.69 Å². The van der Waals surface area contributed by atoms with Crippen LogP contribution in [0.15, 0.2) is 21.5 Å². The second-order valence-corrected chi connectivity index (χ2v) is 7.29. The summed E-state index contributed by atoms with van der Waals surface area (Å²) in [7, 11) is -4.27. The van der Waals surface area contributed by atoms with Crippen LogP contribution >= 0.6 is 15.9 Å². The van der Waals surface area contributed by atoms with Crippen molar-refractivity contribution in [1.29, 1.82) is 0 Å². The highest BCUT2D eigenvalue weighted by Crippen LogP contribution is 2.31. The molecule has 0 spiro atoms. The van der Waals surface area contributed by atoms with Crippen molar-refractivity contribution in [3.05, 3.63) is 32.5 Å². The van der Waals surface area contributed by atoms with Crippen molar-refractivity contribution in [2.45, 2.75) is 11.0 Å². The molecule has 0 amide bonds. The average molecular weight is 399 g/mol. The predicted molar refractivity (Wildman–Crippen MR) is 76.3 cm³/mol. The van der Waals surface area contributed by atoms with Crippen LogP contribution in [-0.4, -0.2) is 55.2 Å². The maximum Gasteiger partial charge on any atom is 0.285 e. The van der Waals surface area contributed by atoms with Gasteiger partial charge < -0.3 is 9.84 Å². The van der Waals surface area contributed by atoms with Gasteiger partial charge in [-0.15, -0.1) is 0 Å². The van der Waals surface area contributed by atoms with Gasteiger partial charge in [0.05, 0.1) is 28.7 Å². The lowest BCUT2D eigenvalue weighted by molar-refractivity contribution is -0.385. The molecule has 1 atom stereocenters. The number of benzene rings is 1. The molecular formula is C11H12BrFN2O6S. The summed E-state index contributed by atoms with van der Waals surface area (Å²) in [6.07, 6.45) is -0.711. The SMILES string of the molecule is O=[N+]([O-])c1cc(S(=O)(=O)N2CCO[C@@H](CO)C2)c(F)cc1Br. The first-order valence-electron chi connectivity index (χ1n) is 6.13. The Hall–Kier alpha value is -1.14. The zero-order valence-corrected chi connectivity index (χ0v) is 13.5. The van der Waals surface area contributed by atoms with Gasteiger partial charge in [-0.05, 0) is 22.0 Å². The highest BCUT2D eigenvalue weighted by molar-refractivity contribution is 9.10. The third kappa shape index (κ3) is 3.27. The maximum absolute atomic E-state index is 14.0. The fourth-order valence-corrected chi connectivity index (χ4v) is 4.00. The molecule has 8 nitrogen and oxygen atoms in total. The van der Waals surface area contributed by atoms with Crippen LogP contribution in [0, 0.1) is 15.9 Å². The summed E-state index contributed by atoms with van der Waals surface area (Å²) in [6.45, 7) is -0.510. The molecular weight excluding hydrogens is 387 g/mol. The van der Waals surface area contributed by atoms with Crippen LogP contribution in [0.1, 0.15) is 0 Å². The van der Waals surface area contributed by atoms with Gasteiger partial charge in [-0.25, -0.2) is 12.8 Å². The maximum atomic E-state index is 14.0. The zero-order valence-electron chi connectivity index (χ0n) is 11.1. The van der Waals surface area contributed by atoms with E-state index in [-0.39, 0.29) is 30.8 Å². The Balaban J connectivity index is 2.45. The molecule has 0 radical (unpaired) electrons. The van der Waals surface area contributed by atoms with Gasteiger partial charge in [0.2, 0.25) is 10.0 Å². The van der Waals surface area contributed by atoms with Crippen molar-refractivity contribution >= 4 is 31.6 Å². The molecule has 11 heteroatoms. The summed E-state index contributed by atoms with van der Waals surface area (Å²) in [6, 6.07) is 1.42. The minimum atomic E-state index is -4.27. The minimum Gasteiger partial charge on any atom is -0.394 e. The Morgan fingerprint density at radius 1 is 1.55 bits per heavy atom. The standard InChI is InChI=1S/C11H12BrFN2O6S/c12-8-3-9(13)11(4-10(8)15(17)18)22(19,20)14-1-2-21-7(5-14)6-16/h3-4,7,16H,1-2,5-6H2/t7-/m1/s1. The van der Waals surface area contributed by atoms with Crippen LogP contribution in [0.25, 0.3) is 0 Å². The lowest BCUT2D eigenvalue weighted by Gasteiger charge is -2.31. The number of nitro benzene ring substituents is 1. The fraction of sp³-hybridized carbons (Fsp3) is 0.455. The molecule has 1 fully saturated rings. The van der Waals surface area contributed by atoms with E-state index in [0.29, 0.717) is 6.07 Å². The first kappa shape index (κ1) is 17.2. The first-order valence-corrected chi connectivity index (χ1v) is 8.36. The van der Waals surface area contributed by atoms with Crippen molar-refractivity contribution < 1.29 is 27.6 Å². The number of morpholine rings is 1. The highest BCUT2D eigenvalue weighted by Gasteiger charge is 2.34. The van der Waals surface area contributed by atoms with Crippen molar-refractivity contribution in [2.24, 2.45) is 0 Å². The third-order valence-electron chi connectivity index (χ3n) is 3.12. The van der Waals surface area contributed by atoms with Crippen LogP contribution in [0.2, 0.25) is 0 Å². The summed E-state index contributed by atoms with van der Waals surface area (Å²) in [5.41, 5.74) is -0.549. The quantitative estimate of drug-likeness (QED) is 0.595. The molecule has 0 saturated carbocycles. The molecule has 0 bridgehead atoms. The van der Waals surface area contributed by atoms with E-state index in [9.17, 15) is 22.9 Å². The molecule has 1 aromatic carbocycles. The number of hydrogen-bond donors (Lipinski definition) is 1. The van der Waals surface area contributed by atoms with Crippen molar-refractivity contribution in [3.8, 4) is 0 Å². The van der Waals surface area contributed by atoms with E-state index in [1.807, 2.05) is 0 Å². The van der Waals surface area contributed by atoms with E-state index in [1.54, 1.807) is 0 Å². The van der Waals surface area contributed by atoms with E-state index in [4.69, 9.17) is 9.84 Å². The van der Waals surface area contributed by atoms with Gasteiger partial charge in [0.15, 0.2) is 0 Å². The Labute approximate surface area is 133 Å². The van der Waals surface area contributed by atoms with Gasteiger partial charge >= 0.3 is 0 Å². The summed E-state index contributed by atoms with van der Waals surface area (Å²) < 4.78 is 44.8. The Bertz CT molecular complexity index is 698. The van der Waals surface area contributed by atoms with Gasteiger partial charge in [-0.2, -0.15) is 4.31 Å². The molecule has 0 aliphatic carbocycles. The van der Waals surface area contributed by atoms with Crippen molar-refractivity contribution in [1.82, 2.24) is 4.31 Å². The molecule has 1 aliphatic heterocycles. The number of nitrogens with zero attached hydrogens (tertiary/aromatic N) is 2. The van der Waals surface area contributed by atoms with Crippen LogP contribution in [0.5, 0.6) is 0 Å². The number of aliphatic hydroxyl groups is 1. The van der Waals surface area contributed by atoms with Crippen LogP contribution in [0.4, 0.5) is 10.1 Å². The molecule has 0 unspecified atom stereocenters. The third-order valence-corrected chi connectivity index (χ3v) is 5.64. The lowest BCUT2D eigenvalue weighted by Crippen LogP contribution is -2.46. The molecule has 1 heterocycles. The van der Waals surface area contributed by atoms with E-state index in [0.717, 1.165) is 10.4 Å². The highest BCUT2D eigenvalue weighted by atomic mass is 79.9. The number of nitro groups is 1. The lowest BCUT2D eigenvalue weighted by atomic mass is 10.3. The molecule has 122 valence electrons. The number of aliphatic hydroxyl groups excluding tert-OH is 1. The summed E-state index contributed by atoms with van der Waals surface area (Å²) in [4.78, 5) is 9.29. The van der Waals surface area contributed by atoms with Gasteiger partial charge in [-0.1, -0.05) is 0 Å². The summed E-state index contributed by atoms with van der Waals surface area (Å²) in [5.74, 6) is -1.09. The molecule has 22 heavy (non-hydrogen) atoms. The van der Waals surface area contributed by atoms with Crippen LogP contribution in [0.3, 0.4) is 0 Å². The molecule has 1 N–H and O–H groups in total.